The number of rotatable bonds is 3. The summed E-state index contributed by atoms with van der Waals surface area (Å²) in [6, 6.07) is 4.46. The number of imidazole rings is 1. The van der Waals surface area contributed by atoms with Crippen LogP contribution in [0.5, 0.6) is 0 Å². The Hall–Kier alpha value is -1.66. The molecule has 0 amide bonds. The standard InChI is InChI=1S/C12H14FN3O2/c13-8-1-2-10-11(5-8)16-12(15-10)14-6-9-7-17-3-4-18-9/h1-2,5,9H,3-4,6-7H2,(H2,14,15,16). The van der Waals surface area contributed by atoms with Crippen LogP contribution in [-0.2, 0) is 9.47 Å². The predicted octanol–water partition coefficient (Wildman–Crippen LogP) is 1.53. The van der Waals surface area contributed by atoms with E-state index in [2.05, 4.69) is 15.3 Å². The van der Waals surface area contributed by atoms with Crippen LogP contribution in [0.1, 0.15) is 0 Å². The van der Waals surface area contributed by atoms with Crippen molar-refractivity contribution < 1.29 is 13.9 Å². The van der Waals surface area contributed by atoms with E-state index >= 15 is 0 Å². The lowest BCUT2D eigenvalue weighted by Gasteiger charge is -2.22. The van der Waals surface area contributed by atoms with Gasteiger partial charge in [-0.2, -0.15) is 0 Å². The van der Waals surface area contributed by atoms with Gasteiger partial charge in [0, 0.05) is 6.54 Å². The number of benzene rings is 1. The van der Waals surface area contributed by atoms with E-state index in [9.17, 15) is 4.39 Å². The Labute approximate surface area is 103 Å². The van der Waals surface area contributed by atoms with Gasteiger partial charge in [-0.25, -0.2) is 9.37 Å². The summed E-state index contributed by atoms with van der Waals surface area (Å²) in [7, 11) is 0. The van der Waals surface area contributed by atoms with Gasteiger partial charge in [-0.1, -0.05) is 0 Å². The van der Waals surface area contributed by atoms with E-state index in [1.807, 2.05) is 0 Å². The molecule has 0 saturated carbocycles. The monoisotopic (exact) mass is 251 g/mol. The zero-order chi connectivity index (χ0) is 12.4. The van der Waals surface area contributed by atoms with E-state index < -0.39 is 0 Å². The Morgan fingerprint density at radius 3 is 3.22 bits per heavy atom. The summed E-state index contributed by atoms with van der Waals surface area (Å²) in [5.41, 5.74) is 1.41. The first-order valence-electron chi connectivity index (χ1n) is 5.90. The number of aromatic amines is 1. The third-order valence-corrected chi connectivity index (χ3v) is 2.83. The number of halogens is 1. The second-order valence-electron chi connectivity index (χ2n) is 4.20. The predicted molar refractivity (Wildman–Crippen MR) is 65.1 cm³/mol. The maximum absolute atomic E-state index is 13.0. The SMILES string of the molecule is Fc1ccc2nc(NCC3COCCO3)[nH]c2c1. The molecule has 1 unspecified atom stereocenters. The van der Waals surface area contributed by atoms with Gasteiger partial charge in [-0.3, -0.25) is 0 Å². The first-order valence-corrected chi connectivity index (χ1v) is 5.90. The van der Waals surface area contributed by atoms with Crippen molar-refractivity contribution in [2.24, 2.45) is 0 Å². The molecule has 1 saturated heterocycles. The van der Waals surface area contributed by atoms with E-state index in [1.54, 1.807) is 6.07 Å². The van der Waals surface area contributed by atoms with Crippen molar-refractivity contribution in [2.45, 2.75) is 6.10 Å². The number of H-pyrrole nitrogens is 1. The molecule has 0 spiro atoms. The molecule has 18 heavy (non-hydrogen) atoms. The topological polar surface area (TPSA) is 59.2 Å². The van der Waals surface area contributed by atoms with Crippen LogP contribution in [0.15, 0.2) is 18.2 Å². The van der Waals surface area contributed by atoms with E-state index in [0.717, 1.165) is 5.52 Å². The van der Waals surface area contributed by atoms with Crippen LogP contribution in [0, 0.1) is 5.82 Å². The minimum Gasteiger partial charge on any atom is -0.376 e. The summed E-state index contributed by atoms with van der Waals surface area (Å²) >= 11 is 0. The van der Waals surface area contributed by atoms with Gasteiger partial charge in [0.15, 0.2) is 0 Å². The molecule has 2 heterocycles. The van der Waals surface area contributed by atoms with Crippen molar-refractivity contribution in [3.8, 4) is 0 Å². The molecule has 2 N–H and O–H groups in total. The average molecular weight is 251 g/mol. The zero-order valence-corrected chi connectivity index (χ0v) is 9.78. The number of aromatic nitrogens is 2. The number of anilines is 1. The van der Waals surface area contributed by atoms with Gasteiger partial charge in [-0.15, -0.1) is 0 Å². The van der Waals surface area contributed by atoms with E-state index in [1.165, 1.54) is 12.1 Å². The summed E-state index contributed by atoms with van der Waals surface area (Å²) in [6.45, 7) is 2.47. The Morgan fingerprint density at radius 1 is 1.44 bits per heavy atom. The van der Waals surface area contributed by atoms with Gasteiger partial charge in [-0.05, 0) is 18.2 Å². The van der Waals surface area contributed by atoms with Crippen LogP contribution < -0.4 is 5.32 Å². The quantitative estimate of drug-likeness (QED) is 0.868. The lowest BCUT2D eigenvalue weighted by atomic mass is 10.3. The summed E-state index contributed by atoms with van der Waals surface area (Å²) < 4.78 is 23.8. The number of nitrogens with zero attached hydrogens (tertiary/aromatic N) is 1. The van der Waals surface area contributed by atoms with Crippen molar-refractivity contribution in [3.63, 3.8) is 0 Å². The Bertz CT molecular complexity index is 537. The first kappa shape index (κ1) is 11.4. The molecular formula is C12H14FN3O2. The van der Waals surface area contributed by atoms with Gasteiger partial charge in [0.05, 0.1) is 37.0 Å². The Balaban J connectivity index is 1.67. The molecule has 1 aromatic carbocycles. The molecule has 0 radical (unpaired) electrons. The fraction of sp³-hybridized carbons (Fsp3) is 0.417. The summed E-state index contributed by atoms with van der Waals surface area (Å²) in [6.07, 6.45) is 0.0312. The van der Waals surface area contributed by atoms with Crippen molar-refractivity contribution in [2.75, 3.05) is 31.7 Å². The van der Waals surface area contributed by atoms with Gasteiger partial charge in [0.25, 0.3) is 0 Å². The highest BCUT2D eigenvalue weighted by atomic mass is 19.1. The average Bonchev–Trinajstić information content (AvgIpc) is 2.79. The van der Waals surface area contributed by atoms with E-state index in [-0.39, 0.29) is 11.9 Å². The highest BCUT2D eigenvalue weighted by molar-refractivity contribution is 5.77. The van der Waals surface area contributed by atoms with Gasteiger partial charge in [0.1, 0.15) is 5.82 Å². The third-order valence-electron chi connectivity index (χ3n) is 2.83. The van der Waals surface area contributed by atoms with Gasteiger partial charge in [0.2, 0.25) is 5.95 Å². The molecular weight excluding hydrogens is 237 g/mol. The van der Waals surface area contributed by atoms with E-state index in [0.29, 0.717) is 37.8 Å². The van der Waals surface area contributed by atoms with E-state index in [4.69, 9.17) is 9.47 Å². The van der Waals surface area contributed by atoms with Crippen LogP contribution in [0.2, 0.25) is 0 Å². The summed E-state index contributed by atoms with van der Waals surface area (Å²) in [5.74, 6) is 0.339. The fourth-order valence-electron chi connectivity index (χ4n) is 1.93. The van der Waals surface area contributed by atoms with Crippen LogP contribution in [0.25, 0.3) is 11.0 Å². The molecule has 0 aliphatic carbocycles. The lowest BCUT2D eigenvalue weighted by Crippen LogP contribution is -2.34. The molecule has 5 nitrogen and oxygen atoms in total. The molecule has 96 valence electrons. The van der Waals surface area contributed by atoms with Crippen LogP contribution in [0.3, 0.4) is 0 Å². The van der Waals surface area contributed by atoms with Crippen LogP contribution in [0.4, 0.5) is 10.3 Å². The fourth-order valence-corrected chi connectivity index (χ4v) is 1.93. The molecule has 1 aliphatic heterocycles. The molecule has 2 aromatic rings. The largest absolute Gasteiger partial charge is 0.376 e. The highest BCUT2D eigenvalue weighted by Gasteiger charge is 2.14. The minimum atomic E-state index is -0.276. The lowest BCUT2D eigenvalue weighted by molar-refractivity contribution is -0.0819. The number of hydrogen-bond acceptors (Lipinski definition) is 4. The number of nitrogens with one attached hydrogen (secondary N) is 2. The van der Waals surface area contributed by atoms with Crippen molar-refractivity contribution in [3.05, 3.63) is 24.0 Å². The highest BCUT2D eigenvalue weighted by Crippen LogP contribution is 2.15. The molecule has 3 rings (SSSR count). The first-order chi connectivity index (χ1) is 8.81. The molecule has 1 atom stereocenters. The number of ether oxygens (including phenoxy) is 2. The minimum absolute atomic E-state index is 0.0312. The summed E-state index contributed by atoms with van der Waals surface area (Å²) in [4.78, 5) is 7.33. The molecule has 1 fully saturated rings. The normalized spacial score (nSPS) is 20.2. The molecule has 6 heteroatoms. The Morgan fingerprint density at radius 2 is 2.39 bits per heavy atom. The maximum Gasteiger partial charge on any atom is 0.201 e. The summed E-state index contributed by atoms with van der Waals surface area (Å²) in [5, 5.41) is 3.13. The second-order valence-corrected chi connectivity index (χ2v) is 4.20. The van der Waals surface area contributed by atoms with Crippen LogP contribution in [-0.4, -0.2) is 42.4 Å². The van der Waals surface area contributed by atoms with Crippen molar-refractivity contribution in [1.29, 1.82) is 0 Å². The van der Waals surface area contributed by atoms with Crippen molar-refractivity contribution in [1.82, 2.24) is 9.97 Å². The molecule has 1 aliphatic rings. The Kier molecular flexibility index (Phi) is 3.12. The van der Waals surface area contributed by atoms with Gasteiger partial charge < -0.3 is 19.8 Å². The number of fused-ring (bicyclic) bond motifs is 1. The zero-order valence-electron chi connectivity index (χ0n) is 9.78. The number of hydrogen-bond donors (Lipinski definition) is 2. The van der Waals surface area contributed by atoms with Gasteiger partial charge >= 0.3 is 0 Å². The maximum atomic E-state index is 13.0. The third kappa shape index (κ3) is 2.44. The molecule has 1 aromatic heterocycles. The van der Waals surface area contributed by atoms with Crippen molar-refractivity contribution >= 4 is 17.0 Å². The van der Waals surface area contributed by atoms with Crippen LogP contribution >= 0.6 is 0 Å². The smallest absolute Gasteiger partial charge is 0.201 e. The second kappa shape index (κ2) is 4.91. The molecule has 0 bridgehead atoms.